The van der Waals surface area contributed by atoms with E-state index in [1.54, 1.807) is 6.92 Å². The van der Waals surface area contributed by atoms with E-state index in [4.69, 9.17) is 4.74 Å². The fourth-order valence-electron chi connectivity index (χ4n) is 1.88. The van der Waals surface area contributed by atoms with Gasteiger partial charge in [0.15, 0.2) is 0 Å². The zero-order chi connectivity index (χ0) is 13.1. The van der Waals surface area contributed by atoms with E-state index >= 15 is 0 Å². The van der Waals surface area contributed by atoms with Crippen molar-refractivity contribution in [2.75, 3.05) is 6.61 Å². The Hall–Kier alpha value is -0.610. The van der Waals surface area contributed by atoms with Crippen LogP contribution in [0.1, 0.15) is 47.0 Å². The Morgan fingerprint density at radius 2 is 2.06 bits per heavy atom. The maximum Gasteiger partial charge on any atom is 0.323 e. The lowest BCUT2D eigenvalue weighted by Gasteiger charge is -2.29. The highest BCUT2D eigenvalue weighted by Crippen LogP contribution is 2.25. The molecule has 0 radical (unpaired) electrons. The number of carbonyl (C=O) groups is 1. The first-order valence-electron chi connectivity index (χ1n) is 6.46. The van der Waals surface area contributed by atoms with Gasteiger partial charge in [0, 0.05) is 19.1 Å². The van der Waals surface area contributed by atoms with Crippen LogP contribution >= 0.6 is 0 Å². The van der Waals surface area contributed by atoms with E-state index in [0.717, 1.165) is 12.8 Å². The largest absolute Gasteiger partial charge is 0.480 e. The molecule has 0 bridgehead atoms. The number of hydrogen-bond acceptors (Lipinski definition) is 3. The van der Waals surface area contributed by atoms with Crippen LogP contribution in [-0.2, 0) is 9.53 Å². The number of carboxylic acid groups (broad SMARTS) is 1. The van der Waals surface area contributed by atoms with Gasteiger partial charge in [-0.2, -0.15) is 0 Å². The van der Waals surface area contributed by atoms with Crippen LogP contribution in [0.4, 0.5) is 0 Å². The Labute approximate surface area is 104 Å². The summed E-state index contributed by atoms with van der Waals surface area (Å²) < 4.78 is 5.65. The van der Waals surface area contributed by atoms with Crippen LogP contribution in [0.15, 0.2) is 0 Å². The standard InChI is InChI=1S/C13H25NO3/c1-9(2)8-17-10(3)7-13(4,12(15)16)14-11-5-6-11/h9-11,14H,5-8H2,1-4H3,(H,15,16). The van der Waals surface area contributed by atoms with E-state index in [2.05, 4.69) is 19.2 Å². The molecule has 1 aliphatic rings. The minimum atomic E-state index is -0.864. The Bertz CT molecular complexity index is 263. The zero-order valence-corrected chi connectivity index (χ0v) is 11.3. The Kier molecular flexibility index (Phi) is 4.95. The van der Waals surface area contributed by atoms with Crippen molar-refractivity contribution in [3.8, 4) is 0 Å². The molecule has 2 N–H and O–H groups in total. The minimum absolute atomic E-state index is 0.0373. The summed E-state index contributed by atoms with van der Waals surface area (Å²) >= 11 is 0. The normalized spacial score (nSPS) is 21.2. The third-order valence-electron chi connectivity index (χ3n) is 2.98. The smallest absolute Gasteiger partial charge is 0.323 e. The topological polar surface area (TPSA) is 58.6 Å². The van der Waals surface area contributed by atoms with Gasteiger partial charge in [-0.1, -0.05) is 13.8 Å². The van der Waals surface area contributed by atoms with Gasteiger partial charge >= 0.3 is 5.97 Å². The number of ether oxygens (including phenoxy) is 1. The molecule has 1 rings (SSSR count). The molecular formula is C13H25NO3. The number of carboxylic acids is 1. The van der Waals surface area contributed by atoms with Crippen LogP contribution in [0, 0.1) is 5.92 Å². The fraction of sp³-hybridized carbons (Fsp3) is 0.923. The third kappa shape index (κ3) is 5.04. The van der Waals surface area contributed by atoms with Crippen molar-refractivity contribution in [3.63, 3.8) is 0 Å². The summed E-state index contributed by atoms with van der Waals surface area (Å²) in [7, 11) is 0. The van der Waals surface area contributed by atoms with E-state index in [9.17, 15) is 9.90 Å². The van der Waals surface area contributed by atoms with Gasteiger partial charge in [0.05, 0.1) is 6.10 Å². The third-order valence-corrected chi connectivity index (χ3v) is 2.98. The summed E-state index contributed by atoms with van der Waals surface area (Å²) in [6.45, 7) is 8.55. The molecule has 100 valence electrons. The number of hydrogen-bond donors (Lipinski definition) is 2. The summed E-state index contributed by atoms with van der Waals surface area (Å²) in [5.41, 5.74) is -0.864. The second-order valence-corrected chi connectivity index (χ2v) is 5.80. The molecule has 0 aliphatic heterocycles. The molecule has 17 heavy (non-hydrogen) atoms. The number of aliphatic carboxylic acids is 1. The Morgan fingerprint density at radius 1 is 1.47 bits per heavy atom. The highest BCUT2D eigenvalue weighted by molar-refractivity contribution is 5.78. The van der Waals surface area contributed by atoms with Crippen molar-refractivity contribution in [3.05, 3.63) is 0 Å². The zero-order valence-electron chi connectivity index (χ0n) is 11.3. The van der Waals surface area contributed by atoms with Crippen LogP contribution in [-0.4, -0.2) is 35.4 Å². The van der Waals surface area contributed by atoms with Crippen LogP contribution in [0.2, 0.25) is 0 Å². The molecule has 0 heterocycles. The minimum Gasteiger partial charge on any atom is -0.480 e. The molecule has 2 atom stereocenters. The molecule has 0 aromatic heterocycles. The SMILES string of the molecule is CC(C)COC(C)CC(C)(NC1CC1)C(=O)O. The van der Waals surface area contributed by atoms with Gasteiger partial charge < -0.3 is 9.84 Å². The summed E-state index contributed by atoms with van der Waals surface area (Å²) in [5.74, 6) is -0.311. The van der Waals surface area contributed by atoms with Crippen molar-refractivity contribution < 1.29 is 14.6 Å². The molecule has 4 nitrogen and oxygen atoms in total. The lowest BCUT2D eigenvalue weighted by Crippen LogP contribution is -2.52. The summed E-state index contributed by atoms with van der Waals surface area (Å²) in [5, 5.41) is 12.5. The summed E-state index contributed by atoms with van der Waals surface area (Å²) in [6, 6.07) is 0.383. The highest BCUT2D eigenvalue weighted by Gasteiger charge is 2.39. The van der Waals surface area contributed by atoms with Crippen molar-refractivity contribution in [1.29, 1.82) is 0 Å². The molecule has 0 spiro atoms. The van der Waals surface area contributed by atoms with E-state index in [1.165, 1.54) is 0 Å². The van der Waals surface area contributed by atoms with Gasteiger partial charge in [0.2, 0.25) is 0 Å². The monoisotopic (exact) mass is 243 g/mol. The molecule has 0 saturated heterocycles. The molecule has 1 aliphatic carbocycles. The van der Waals surface area contributed by atoms with E-state index in [1.807, 2.05) is 6.92 Å². The maximum absolute atomic E-state index is 11.3. The average molecular weight is 243 g/mol. The Balaban J connectivity index is 2.44. The second kappa shape index (κ2) is 5.83. The molecule has 4 heteroatoms. The molecule has 0 amide bonds. The predicted octanol–water partition coefficient (Wildman–Crippen LogP) is 2.03. The fourth-order valence-corrected chi connectivity index (χ4v) is 1.88. The molecular weight excluding hydrogens is 218 g/mol. The summed E-state index contributed by atoms with van der Waals surface area (Å²) in [6.07, 6.45) is 2.64. The van der Waals surface area contributed by atoms with Crippen molar-refractivity contribution in [2.24, 2.45) is 5.92 Å². The van der Waals surface area contributed by atoms with Crippen molar-refractivity contribution >= 4 is 5.97 Å². The Morgan fingerprint density at radius 3 is 2.47 bits per heavy atom. The maximum atomic E-state index is 11.3. The van der Waals surface area contributed by atoms with E-state index in [-0.39, 0.29) is 6.10 Å². The molecule has 1 fully saturated rings. The first-order chi connectivity index (χ1) is 7.83. The average Bonchev–Trinajstić information content (AvgIpc) is 2.98. The lowest BCUT2D eigenvalue weighted by molar-refractivity contribution is -0.146. The number of nitrogens with one attached hydrogen (secondary N) is 1. The quantitative estimate of drug-likeness (QED) is 0.685. The van der Waals surface area contributed by atoms with Gasteiger partial charge in [0.25, 0.3) is 0 Å². The van der Waals surface area contributed by atoms with Crippen LogP contribution in [0.5, 0.6) is 0 Å². The second-order valence-electron chi connectivity index (χ2n) is 5.80. The molecule has 0 aromatic carbocycles. The highest BCUT2D eigenvalue weighted by atomic mass is 16.5. The van der Waals surface area contributed by atoms with Gasteiger partial charge in [-0.3, -0.25) is 10.1 Å². The van der Waals surface area contributed by atoms with E-state index < -0.39 is 11.5 Å². The first-order valence-corrected chi connectivity index (χ1v) is 6.46. The van der Waals surface area contributed by atoms with Gasteiger partial charge in [-0.25, -0.2) is 0 Å². The molecule has 2 unspecified atom stereocenters. The molecule has 1 saturated carbocycles. The van der Waals surface area contributed by atoms with Crippen molar-refractivity contribution in [1.82, 2.24) is 5.32 Å². The van der Waals surface area contributed by atoms with Gasteiger partial charge in [-0.15, -0.1) is 0 Å². The number of rotatable bonds is 8. The lowest BCUT2D eigenvalue weighted by atomic mass is 9.94. The predicted molar refractivity (Wildman–Crippen MR) is 67.1 cm³/mol. The first kappa shape index (κ1) is 14.5. The van der Waals surface area contributed by atoms with E-state index in [0.29, 0.717) is 25.0 Å². The van der Waals surface area contributed by atoms with Crippen LogP contribution < -0.4 is 5.32 Å². The van der Waals surface area contributed by atoms with Crippen molar-refractivity contribution in [2.45, 2.75) is 64.6 Å². The molecule has 0 aromatic rings. The van der Waals surface area contributed by atoms with Gasteiger partial charge in [-0.05, 0) is 32.6 Å². The van der Waals surface area contributed by atoms with Gasteiger partial charge in [0.1, 0.15) is 5.54 Å². The van der Waals surface area contributed by atoms with Crippen LogP contribution in [0.3, 0.4) is 0 Å². The van der Waals surface area contributed by atoms with Crippen LogP contribution in [0.25, 0.3) is 0 Å². The summed E-state index contributed by atoms with van der Waals surface area (Å²) in [4.78, 5) is 11.3.